The molecule has 0 fully saturated rings. The number of hydrazine groups is 1. The topological polar surface area (TPSA) is 37.0 Å². The summed E-state index contributed by atoms with van der Waals surface area (Å²) in [5.41, 5.74) is 8.20. The molecule has 0 saturated heterocycles. The Labute approximate surface area is 71.5 Å². The van der Waals surface area contributed by atoms with Crippen molar-refractivity contribution in [1.82, 2.24) is 15.8 Å². The molecule has 1 aromatic rings. The molecule has 0 aromatic carbocycles. The van der Waals surface area contributed by atoms with Gasteiger partial charge in [-0.15, -0.1) is 0 Å². The van der Waals surface area contributed by atoms with Gasteiger partial charge in [-0.1, -0.05) is 6.07 Å². The molecule has 3 heteroatoms. The number of pyridine rings is 1. The molecule has 0 aliphatic carbocycles. The number of rotatable bonds is 1. The zero-order valence-corrected chi connectivity index (χ0v) is 6.91. The molecule has 1 aliphatic rings. The molecule has 2 rings (SSSR count). The molecule has 3 nitrogen and oxygen atoms in total. The highest BCUT2D eigenvalue weighted by Gasteiger charge is 2.10. The lowest BCUT2D eigenvalue weighted by atomic mass is 10.2. The summed E-state index contributed by atoms with van der Waals surface area (Å²) >= 11 is 0. The van der Waals surface area contributed by atoms with Gasteiger partial charge in [-0.05, 0) is 25.1 Å². The Morgan fingerprint density at radius 3 is 2.92 bits per heavy atom. The van der Waals surface area contributed by atoms with Crippen molar-refractivity contribution in [2.75, 3.05) is 0 Å². The minimum atomic E-state index is 0.377. The van der Waals surface area contributed by atoms with Crippen molar-refractivity contribution in [1.29, 1.82) is 0 Å². The zero-order chi connectivity index (χ0) is 8.39. The third kappa shape index (κ3) is 1.31. The molecular weight excluding hydrogens is 150 g/mol. The molecule has 2 N–H and O–H groups in total. The maximum absolute atomic E-state index is 4.22. The van der Waals surface area contributed by atoms with Gasteiger partial charge in [0, 0.05) is 12.2 Å². The first kappa shape index (κ1) is 7.31. The summed E-state index contributed by atoms with van der Waals surface area (Å²) in [5, 5.41) is 0. The van der Waals surface area contributed by atoms with Crippen LogP contribution in [0.25, 0.3) is 5.70 Å². The molecule has 2 heterocycles. The standard InChI is InChI=1S/C9H11N3/c1-7-6-9(12-11-7)8-4-2-3-5-10-8/h2-7,11-12H,1H3. The molecular formula is C9H11N3. The first-order valence-electron chi connectivity index (χ1n) is 4.01. The molecule has 1 aromatic heterocycles. The smallest absolute Gasteiger partial charge is 0.0871 e. The highest BCUT2D eigenvalue weighted by atomic mass is 15.4. The molecule has 0 amide bonds. The van der Waals surface area contributed by atoms with Crippen LogP contribution in [0.1, 0.15) is 12.6 Å². The van der Waals surface area contributed by atoms with E-state index in [9.17, 15) is 0 Å². The van der Waals surface area contributed by atoms with Crippen molar-refractivity contribution in [3.05, 3.63) is 36.2 Å². The summed E-state index contributed by atoms with van der Waals surface area (Å²) in [6, 6.07) is 6.25. The predicted octanol–water partition coefficient (Wildman–Crippen LogP) is 0.919. The molecule has 0 saturated carbocycles. The Bertz CT molecular complexity index is 292. The van der Waals surface area contributed by atoms with Crippen LogP contribution in [-0.4, -0.2) is 11.0 Å². The largest absolute Gasteiger partial charge is 0.319 e. The first-order valence-corrected chi connectivity index (χ1v) is 4.01. The van der Waals surface area contributed by atoms with E-state index in [4.69, 9.17) is 0 Å². The lowest BCUT2D eigenvalue weighted by Crippen LogP contribution is -2.29. The van der Waals surface area contributed by atoms with Gasteiger partial charge in [-0.3, -0.25) is 4.98 Å². The number of hydrogen-bond acceptors (Lipinski definition) is 3. The van der Waals surface area contributed by atoms with E-state index in [1.807, 2.05) is 18.2 Å². The van der Waals surface area contributed by atoms with E-state index in [0.717, 1.165) is 11.4 Å². The van der Waals surface area contributed by atoms with Crippen molar-refractivity contribution in [3.63, 3.8) is 0 Å². The molecule has 1 unspecified atom stereocenters. The van der Waals surface area contributed by atoms with Crippen molar-refractivity contribution in [2.45, 2.75) is 13.0 Å². The van der Waals surface area contributed by atoms with E-state index in [1.165, 1.54) is 0 Å². The third-order valence-electron chi connectivity index (χ3n) is 1.79. The normalized spacial score (nSPS) is 21.8. The highest BCUT2D eigenvalue weighted by molar-refractivity contribution is 5.62. The molecule has 1 aliphatic heterocycles. The van der Waals surface area contributed by atoms with Gasteiger partial charge in [0.1, 0.15) is 0 Å². The van der Waals surface area contributed by atoms with Crippen LogP contribution in [0.15, 0.2) is 30.5 Å². The summed E-state index contributed by atoms with van der Waals surface area (Å²) in [5.74, 6) is 0. The second-order valence-electron chi connectivity index (χ2n) is 2.85. The Kier molecular flexibility index (Phi) is 1.80. The average Bonchev–Trinajstić information content (AvgIpc) is 2.54. The Balaban J connectivity index is 2.27. The molecule has 0 bridgehead atoms. The van der Waals surface area contributed by atoms with Crippen molar-refractivity contribution in [3.8, 4) is 0 Å². The van der Waals surface area contributed by atoms with Gasteiger partial charge in [0.2, 0.25) is 0 Å². The van der Waals surface area contributed by atoms with E-state index < -0.39 is 0 Å². The summed E-state index contributed by atoms with van der Waals surface area (Å²) in [6.45, 7) is 2.09. The van der Waals surface area contributed by atoms with Gasteiger partial charge < -0.3 is 5.43 Å². The van der Waals surface area contributed by atoms with Crippen LogP contribution >= 0.6 is 0 Å². The van der Waals surface area contributed by atoms with Crippen LogP contribution in [0.5, 0.6) is 0 Å². The van der Waals surface area contributed by atoms with E-state index in [-0.39, 0.29) is 0 Å². The fraction of sp³-hybridized carbons (Fsp3) is 0.222. The quantitative estimate of drug-likeness (QED) is 0.643. The highest BCUT2D eigenvalue weighted by Crippen LogP contribution is 2.11. The molecule has 62 valence electrons. The van der Waals surface area contributed by atoms with Gasteiger partial charge in [0.15, 0.2) is 0 Å². The Morgan fingerprint density at radius 1 is 1.42 bits per heavy atom. The predicted molar refractivity (Wildman–Crippen MR) is 47.9 cm³/mol. The van der Waals surface area contributed by atoms with Crippen LogP contribution in [0.4, 0.5) is 0 Å². The van der Waals surface area contributed by atoms with Crippen LogP contribution < -0.4 is 10.9 Å². The molecule has 12 heavy (non-hydrogen) atoms. The van der Waals surface area contributed by atoms with Gasteiger partial charge in [0.05, 0.1) is 11.4 Å². The number of aromatic nitrogens is 1. The summed E-state index contributed by atoms with van der Waals surface area (Å²) < 4.78 is 0. The average molecular weight is 161 g/mol. The second-order valence-corrected chi connectivity index (χ2v) is 2.85. The SMILES string of the molecule is CC1C=C(c2ccccn2)NN1. The lowest BCUT2D eigenvalue weighted by Gasteiger charge is -2.02. The monoisotopic (exact) mass is 161 g/mol. The van der Waals surface area contributed by atoms with E-state index >= 15 is 0 Å². The minimum Gasteiger partial charge on any atom is -0.319 e. The minimum absolute atomic E-state index is 0.377. The summed E-state index contributed by atoms with van der Waals surface area (Å²) in [4.78, 5) is 4.22. The van der Waals surface area contributed by atoms with Gasteiger partial charge in [0.25, 0.3) is 0 Å². The van der Waals surface area contributed by atoms with E-state index in [0.29, 0.717) is 6.04 Å². The summed E-state index contributed by atoms with van der Waals surface area (Å²) in [6.07, 6.45) is 3.91. The van der Waals surface area contributed by atoms with Gasteiger partial charge in [-0.2, -0.15) is 0 Å². The Morgan fingerprint density at radius 2 is 2.33 bits per heavy atom. The summed E-state index contributed by atoms with van der Waals surface area (Å²) in [7, 11) is 0. The fourth-order valence-electron chi connectivity index (χ4n) is 1.20. The molecule has 1 atom stereocenters. The lowest BCUT2D eigenvalue weighted by molar-refractivity contribution is 0.626. The van der Waals surface area contributed by atoms with Gasteiger partial charge in [-0.25, -0.2) is 5.43 Å². The number of hydrogen-bond donors (Lipinski definition) is 2. The Hall–Kier alpha value is -1.35. The van der Waals surface area contributed by atoms with Crippen LogP contribution in [0.3, 0.4) is 0 Å². The van der Waals surface area contributed by atoms with Crippen LogP contribution in [0, 0.1) is 0 Å². The molecule has 0 radical (unpaired) electrons. The third-order valence-corrected chi connectivity index (χ3v) is 1.79. The van der Waals surface area contributed by atoms with Gasteiger partial charge >= 0.3 is 0 Å². The number of nitrogens with one attached hydrogen (secondary N) is 2. The van der Waals surface area contributed by atoms with Crippen molar-refractivity contribution < 1.29 is 0 Å². The zero-order valence-electron chi connectivity index (χ0n) is 6.91. The van der Waals surface area contributed by atoms with Crippen LogP contribution in [0.2, 0.25) is 0 Å². The fourth-order valence-corrected chi connectivity index (χ4v) is 1.20. The second kappa shape index (κ2) is 2.95. The molecule has 0 spiro atoms. The maximum Gasteiger partial charge on any atom is 0.0871 e. The van der Waals surface area contributed by atoms with Crippen molar-refractivity contribution >= 4 is 5.70 Å². The van der Waals surface area contributed by atoms with Crippen molar-refractivity contribution in [2.24, 2.45) is 0 Å². The van der Waals surface area contributed by atoms with E-state index in [2.05, 4.69) is 28.8 Å². The maximum atomic E-state index is 4.22. The first-order chi connectivity index (χ1) is 5.86. The van der Waals surface area contributed by atoms with Crippen LogP contribution in [-0.2, 0) is 0 Å². The number of nitrogens with zero attached hydrogens (tertiary/aromatic N) is 1. The van der Waals surface area contributed by atoms with E-state index in [1.54, 1.807) is 6.20 Å².